The summed E-state index contributed by atoms with van der Waals surface area (Å²) >= 11 is 1.41. The van der Waals surface area contributed by atoms with E-state index in [0.717, 1.165) is 28.7 Å². The van der Waals surface area contributed by atoms with E-state index in [1.807, 2.05) is 60.0 Å². The number of hydrogen-bond donors (Lipinski definition) is 1. The summed E-state index contributed by atoms with van der Waals surface area (Å²) < 4.78 is 2.04. The first-order chi connectivity index (χ1) is 14.7. The molecule has 0 fully saturated rings. The van der Waals surface area contributed by atoms with Crippen LogP contribution in [0.3, 0.4) is 0 Å². The van der Waals surface area contributed by atoms with E-state index in [-0.39, 0.29) is 11.9 Å². The molecule has 4 aromatic rings. The standard InChI is InChI=1S/C24H24N4OS/c1-3-28-23(19-11-5-4-6-12-19)26-27-24(28)30-16-22(29)25-17(2)20-15-9-13-18-10-7-8-14-21(18)20/h4-15,17H,3,16H2,1-2H3,(H,25,29). The van der Waals surface area contributed by atoms with Gasteiger partial charge in [0.1, 0.15) is 0 Å². The third kappa shape index (κ3) is 4.24. The maximum atomic E-state index is 12.6. The number of nitrogens with one attached hydrogen (secondary N) is 1. The molecule has 1 unspecified atom stereocenters. The van der Waals surface area contributed by atoms with Gasteiger partial charge >= 0.3 is 0 Å². The topological polar surface area (TPSA) is 59.8 Å². The maximum Gasteiger partial charge on any atom is 0.230 e. The average Bonchev–Trinajstić information content (AvgIpc) is 3.20. The van der Waals surface area contributed by atoms with Crippen molar-refractivity contribution < 1.29 is 4.79 Å². The van der Waals surface area contributed by atoms with Crippen molar-refractivity contribution in [3.05, 3.63) is 78.4 Å². The normalized spacial score (nSPS) is 12.1. The van der Waals surface area contributed by atoms with Gasteiger partial charge in [-0.3, -0.25) is 4.79 Å². The zero-order valence-corrected chi connectivity index (χ0v) is 17.9. The Kier molecular flexibility index (Phi) is 6.14. The first-order valence-corrected chi connectivity index (χ1v) is 11.0. The molecule has 1 aromatic heterocycles. The van der Waals surface area contributed by atoms with Gasteiger partial charge in [0.25, 0.3) is 0 Å². The lowest BCUT2D eigenvalue weighted by molar-refractivity contribution is -0.119. The second-order valence-electron chi connectivity index (χ2n) is 7.06. The summed E-state index contributed by atoms with van der Waals surface area (Å²) in [5.41, 5.74) is 2.14. The van der Waals surface area contributed by atoms with Crippen LogP contribution in [-0.4, -0.2) is 26.4 Å². The van der Waals surface area contributed by atoms with Crippen molar-refractivity contribution in [2.75, 3.05) is 5.75 Å². The predicted molar refractivity (Wildman–Crippen MR) is 122 cm³/mol. The molecule has 4 rings (SSSR count). The number of rotatable bonds is 7. The molecule has 1 amide bonds. The number of amides is 1. The second kappa shape index (κ2) is 9.13. The average molecular weight is 417 g/mol. The van der Waals surface area contributed by atoms with Crippen LogP contribution in [-0.2, 0) is 11.3 Å². The summed E-state index contributed by atoms with van der Waals surface area (Å²) in [6.07, 6.45) is 0. The molecule has 0 radical (unpaired) electrons. The van der Waals surface area contributed by atoms with Crippen LogP contribution in [0, 0.1) is 0 Å². The molecule has 5 nitrogen and oxygen atoms in total. The second-order valence-corrected chi connectivity index (χ2v) is 8.01. The van der Waals surface area contributed by atoms with Gasteiger partial charge in [-0.05, 0) is 30.2 Å². The van der Waals surface area contributed by atoms with Crippen molar-refractivity contribution in [1.82, 2.24) is 20.1 Å². The predicted octanol–water partition coefficient (Wildman–Crippen LogP) is 5.09. The lowest BCUT2D eigenvalue weighted by Gasteiger charge is -2.16. The minimum atomic E-state index is -0.0758. The number of carbonyl (C=O) groups is 1. The summed E-state index contributed by atoms with van der Waals surface area (Å²) in [6.45, 7) is 4.82. The molecule has 1 atom stereocenters. The van der Waals surface area contributed by atoms with Crippen molar-refractivity contribution in [1.29, 1.82) is 0 Å². The van der Waals surface area contributed by atoms with E-state index in [1.165, 1.54) is 22.5 Å². The Morgan fingerprint density at radius 1 is 1.00 bits per heavy atom. The lowest BCUT2D eigenvalue weighted by Crippen LogP contribution is -2.28. The highest BCUT2D eigenvalue weighted by Gasteiger charge is 2.16. The Hall–Kier alpha value is -3.12. The van der Waals surface area contributed by atoms with Crippen molar-refractivity contribution in [2.45, 2.75) is 31.6 Å². The number of thioether (sulfide) groups is 1. The van der Waals surface area contributed by atoms with Gasteiger partial charge in [0, 0.05) is 12.1 Å². The van der Waals surface area contributed by atoms with Gasteiger partial charge < -0.3 is 9.88 Å². The minimum absolute atomic E-state index is 0.0210. The molecule has 0 saturated heterocycles. The van der Waals surface area contributed by atoms with Crippen LogP contribution in [0.2, 0.25) is 0 Å². The molecule has 0 bridgehead atoms. The van der Waals surface area contributed by atoms with Crippen molar-refractivity contribution in [2.24, 2.45) is 0 Å². The smallest absolute Gasteiger partial charge is 0.230 e. The molecule has 0 aliphatic rings. The monoisotopic (exact) mass is 416 g/mol. The maximum absolute atomic E-state index is 12.6. The van der Waals surface area contributed by atoms with Crippen molar-refractivity contribution in [3.63, 3.8) is 0 Å². The Bertz CT molecular complexity index is 1150. The Morgan fingerprint density at radius 2 is 1.73 bits per heavy atom. The first-order valence-electron chi connectivity index (χ1n) is 10.1. The van der Waals surface area contributed by atoms with Gasteiger partial charge in [-0.2, -0.15) is 0 Å². The highest BCUT2D eigenvalue weighted by atomic mass is 32.2. The van der Waals surface area contributed by atoms with Crippen LogP contribution < -0.4 is 5.32 Å². The largest absolute Gasteiger partial charge is 0.349 e. The number of aromatic nitrogens is 3. The van der Waals surface area contributed by atoms with Crippen LogP contribution >= 0.6 is 11.8 Å². The summed E-state index contributed by atoms with van der Waals surface area (Å²) in [4.78, 5) is 12.6. The fraction of sp³-hybridized carbons (Fsp3) is 0.208. The van der Waals surface area contributed by atoms with E-state index in [2.05, 4.69) is 46.7 Å². The molecule has 3 aromatic carbocycles. The molecule has 152 valence electrons. The zero-order valence-electron chi connectivity index (χ0n) is 17.1. The summed E-state index contributed by atoms with van der Waals surface area (Å²) in [7, 11) is 0. The molecular formula is C24H24N4OS. The van der Waals surface area contributed by atoms with E-state index in [0.29, 0.717) is 5.75 Å². The third-order valence-corrected chi connectivity index (χ3v) is 6.03. The molecular weight excluding hydrogens is 392 g/mol. The van der Waals surface area contributed by atoms with Crippen LogP contribution in [0.15, 0.2) is 78.0 Å². The molecule has 6 heteroatoms. The zero-order chi connectivity index (χ0) is 20.9. The van der Waals surface area contributed by atoms with E-state index in [4.69, 9.17) is 0 Å². The summed E-state index contributed by atoms with van der Waals surface area (Å²) in [6, 6.07) is 24.3. The SMILES string of the molecule is CCn1c(SCC(=O)NC(C)c2cccc3ccccc23)nnc1-c1ccccc1. The Balaban J connectivity index is 1.43. The van der Waals surface area contributed by atoms with E-state index in [1.54, 1.807) is 0 Å². The van der Waals surface area contributed by atoms with Gasteiger partial charge in [0.2, 0.25) is 5.91 Å². The highest BCUT2D eigenvalue weighted by Crippen LogP contribution is 2.26. The quantitative estimate of drug-likeness (QED) is 0.427. The van der Waals surface area contributed by atoms with Gasteiger partial charge in [-0.25, -0.2) is 0 Å². The molecule has 0 aliphatic heterocycles. The van der Waals surface area contributed by atoms with Crippen LogP contribution in [0.1, 0.15) is 25.5 Å². The van der Waals surface area contributed by atoms with Gasteiger partial charge in [-0.1, -0.05) is 84.6 Å². The van der Waals surface area contributed by atoms with Crippen molar-refractivity contribution >= 4 is 28.4 Å². The summed E-state index contributed by atoms with van der Waals surface area (Å²) in [5.74, 6) is 1.10. The van der Waals surface area contributed by atoms with Crippen LogP contribution in [0.5, 0.6) is 0 Å². The van der Waals surface area contributed by atoms with Gasteiger partial charge in [0.05, 0.1) is 11.8 Å². The van der Waals surface area contributed by atoms with E-state index < -0.39 is 0 Å². The van der Waals surface area contributed by atoms with Gasteiger partial charge in [-0.15, -0.1) is 10.2 Å². The molecule has 0 spiro atoms. The fourth-order valence-corrected chi connectivity index (χ4v) is 4.41. The minimum Gasteiger partial charge on any atom is -0.349 e. The number of fused-ring (bicyclic) bond motifs is 1. The molecule has 1 heterocycles. The summed E-state index contributed by atoms with van der Waals surface area (Å²) in [5, 5.41) is 14.9. The highest BCUT2D eigenvalue weighted by molar-refractivity contribution is 7.99. The first kappa shape index (κ1) is 20.2. The molecule has 0 saturated carbocycles. The lowest BCUT2D eigenvalue weighted by atomic mass is 10.00. The Morgan fingerprint density at radius 3 is 2.53 bits per heavy atom. The van der Waals surface area contributed by atoms with E-state index >= 15 is 0 Å². The number of carbonyl (C=O) groups excluding carboxylic acids is 1. The third-order valence-electron chi connectivity index (χ3n) is 5.06. The van der Waals surface area contributed by atoms with Crippen LogP contribution in [0.4, 0.5) is 0 Å². The number of hydrogen-bond acceptors (Lipinski definition) is 4. The van der Waals surface area contributed by atoms with E-state index in [9.17, 15) is 4.79 Å². The molecule has 0 aliphatic carbocycles. The van der Waals surface area contributed by atoms with Crippen molar-refractivity contribution in [3.8, 4) is 11.4 Å². The number of benzene rings is 3. The van der Waals surface area contributed by atoms with Crippen LogP contribution in [0.25, 0.3) is 22.2 Å². The molecule has 30 heavy (non-hydrogen) atoms. The Labute approximate surface area is 180 Å². The fourth-order valence-electron chi connectivity index (χ4n) is 3.60. The molecule has 1 N–H and O–H groups in total. The van der Waals surface area contributed by atoms with Gasteiger partial charge in [0.15, 0.2) is 11.0 Å². The number of nitrogens with zero attached hydrogens (tertiary/aromatic N) is 3.